The lowest BCUT2D eigenvalue weighted by molar-refractivity contribution is -0.151. The minimum absolute atomic E-state index is 0.0629. The molecule has 0 aromatic carbocycles. The summed E-state index contributed by atoms with van der Waals surface area (Å²) in [7, 11) is 0. The normalized spacial score (nSPS) is 17.6. The van der Waals surface area contributed by atoms with Crippen molar-refractivity contribution in [1.29, 1.82) is 5.26 Å². The van der Waals surface area contributed by atoms with Crippen LogP contribution in [-0.2, 0) is 14.3 Å². The number of rotatable bonds is 5. The Morgan fingerprint density at radius 3 is 2.25 bits per heavy atom. The number of likely N-dealkylation sites (N-methyl/N-ethyl adjacent to an activating group) is 1. The number of carbonyl (C=O) groups excluding carboxylic acids is 2. The van der Waals surface area contributed by atoms with E-state index >= 15 is 0 Å². The molecule has 20 heavy (non-hydrogen) atoms. The van der Waals surface area contributed by atoms with Crippen molar-refractivity contribution in [3.63, 3.8) is 0 Å². The van der Waals surface area contributed by atoms with Crippen LogP contribution in [0.25, 0.3) is 0 Å². The number of ether oxygens (including phenoxy) is 1. The van der Waals surface area contributed by atoms with Gasteiger partial charge in [0.05, 0.1) is 12.7 Å². The van der Waals surface area contributed by atoms with Crippen LogP contribution in [0.5, 0.6) is 0 Å². The second kappa shape index (κ2) is 7.88. The maximum atomic E-state index is 12.7. The highest BCUT2D eigenvalue weighted by molar-refractivity contribution is 5.88. The lowest BCUT2D eigenvalue weighted by atomic mass is 9.80. The minimum atomic E-state index is -0.945. The largest absolute Gasteiger partial charge is 0.465 e. The Morgan fingerprint density at radius 2 is 1.80 bits per heavy atom. The van der Waals surface area contributed by atoms with E-state index in [1.54, 1.807) is 6.92 Å². The van der Waals surface area contributed by atoms with E-state index in [1.165, 1.54) is 4.90 Å². The molecular weight excluding hydrogens is 256 g/mol. The SMILES string of the molecule is CCOC(=O)CN(CC)C(=O)C1(C#N)CCCCCC1. The molecule has 1 rings (SSSR count). The van der Waals surface area contributed by atoms with Gasteiger partial charge in [0.15, 0.2) is 0 Å². The number of carbonyl (C=O) groups is 2. The molecule has 0 spiro atoms. The summed E-state index contributed by atoms with van der Waals surface area (Å²) in [5.74, 6) is -0.623. The summed E-state index contributed by atoms with van der Waals surface area (Å²) < 4.78 is 4.89. The van der Waals surface area contributed by atoms with Crippen molar-refractivity contribution in [2.24, 2.45) is 5.41 Å². The van der Waals surface area contributed by atoms with Crippen molar-refractivity contribution in [3.8, 4) is 6.07 Å². The first kappa shape index (κ1) is 16.5. The summed E-state index contributed by atoms with van der Waals surface area (Å²) in [5.41, 5.74) is -0.945. The molecule has 0 N–H and O–H groups in total. The Morgan fingerprint density at radius 1 is 1.20 bits per heavy atom. The van der Waals surface area contributed by atoms with Gasteiger partial charge >= 0.3 is 5.97 Å². The lowest BCUT2D eigenvalue weighted by Gasteiger charge is -2.30. The fourth-order valence-electron chi connectivity index (χ4n) is 2.70. The predicted molar refractivity (Wildman–Crippen MR) is 74.6 cm³/mol. The standard InChI is InChI=1S/C15H24N2O3/c1-3-17(11-13(18)20-4-2)14(19)15(12-16)9-7-5-6-8-10-15/h3-11H2,1-2H3. The van der Waals surface area contributed by atoms with Crippen molar-refractivity contribution >= 4 is 11.9 Å². The predicted octanol–water partition coefficient (Wildman–Crippen LogP) is 2.26. The van der Waals surface area contributed by atoms with Crippen molar-refractivity contribution in [1.82, 2.24) is 4.90 Å². The van der Waals surface area contributed by atoms with E-state index in [2.05, 4.69) is 6.07 Å². The molecule has 0 aromatic rings. The molecule has 0 saturated heterocycles. The molecule has 0 bridgehead atoms. The van der Waals surface area contributed by atoms with E-state index in [9.17, 15) is 14.9 Å². The zero-order valence-electron chi connectivity index (χ0n) is 12.5. The number of nitriles is 1. The minimum Gasteiger partial charge on any atom is -0.465 e. The topological polar surface area (TPSA) is 70.4 Å². The summed E-state index contributed by atoms with van der Waals surface area (Å²) in [6.45, 7) is 4.21. The zero-order chi connectivity index (χ0) is 15.0. The first-order valence-corrected chi connectivity index (χ1v) is 7.46. The van der Waals surface area contributed by atoms with Gasteiger partial charge in [-0.1, -0.05) is 25.7 Å². The molecule has 1 amide bonds. The molecule has 1 aliphatic rings. The van der Waals surface area contributed by atoms with Crippen LogP contribution in [0, 0.1) is 16.7 Å². The molecule has 0 aromatic heterocycles. The fourth-order valence-corrected chi connectivity index (χ4v) is 2.70. The smallest absolute Gasteiger partial charge is 0.325 e. The van der Waals surface area contributed by atoms with E-state index in [1.807, 2.05) is 6.92 Å². The Kier molecular flexibility index (Phi) is 6.50. The monoisotopic (exact) mass is 280 g/mol. The second-order valence-electron chi connectivity index (χ2n) is 5.23. The lowest BCUT2D eigenvalue weighted by Crippen LogP contribution is -2.45. The van der Waals surface area contributed by atoms with Gasteiger partial charge in [-0.25, -0.2) is 0 Å². The molecule has 1 fully saturated rings. The van der Waals surface area contributed by atoms with Crippen LogP contribution in [0.2, 0.25) is 0 Å². The van der Waals surface area contributed by atoms with Crippen LogP contribution in [0.3, 0.4) is 0 Å². The van der Waals surface area contributed by atoms with E-state index in [-0.39, 0.29) is 12.5 Å². The highest BCUT2D eigenvalue weighted by atomic mass is 16.5. The number of hydrogen-bond donors (Lipinski definition) is 0. The number of hydrogen-bond acceptors (Lipinski definition) is 4. The number of esters is 1. The van der Waals surface area contributed by atoms with Crippen LogP contribution < -0.4 is 0 Å². The molecule has 1 saturated carbocycles. The molecule has 0 radical (unpaired) electrons. The maximum absolute atomic E-state index is 12.7. The van der Waals surface area contributed by atoms with Crippen LogP contribution in [-0.4, -0.2) is 36.5 Å². The number of nitrogens with zero attached hydrogens (tertiary/aromatic N) is 2. The van der Waals surface area contributed by atoms with Gasteiger partial charge in [-0.05, 0) is 26.7 Å². The molecule has 5 nitrogen and oxygen atoms in total. The van der Waals surface area contributed by atoms with Gasteiger partial charge in [0.1, 0.15) is 12.0 Å². The Labute approximate surface area is 120 Å². The first-order valence-electron chi connectivity index (χ1n) is 7.46. The summed E-state index contributed by atoms with van der Waals surface area (Å²) in [6.07, 6.45) is 5.14. The highest BCUT2D eigenvalue weighted by Crippen LogP contribution is 2.36. The van der Waals surface area contributed by atoms with E-state index in [4.69, 9.17) is 4.74 Å². The van der Waals surface area contributed by atoms with Gasteiger partial charge in [-0.3, -0.25) is 9.59 Å². The van der Waals surface area contributed by atoms with Crippen LogP contribution in [0.1, 0.15) is 52.4 Å². The fraction of sp³-hybridized carbons (Fsp3) is 0.800. The van der Waals surface area contributed by atoms with Gasteiger partial charge in [0, 0.05) is 6.54 Å². The van der Waals surface area contributed by atoms with E-state index < -0.39 is 11.4 Å². The average molecular weight is 280 g/mol. The van der Waals surface area contributed by atoms with Crippen LogP contribution >= 0.6 is 0 Å². The number of amides is 1. The Balaban J connectivity index is 2.81. The third-order valence-electron chi connectivity index (χ3n) is 3.87. The van der Waals surface area contributed by atoms with Crippen molar-refractivity contribution in [3.05, 3.63) is 0 Å². The van der Waals surface area contributed by atoms with Gasteiger partial charge in [0.2, 0.25) is 5.91 Å². The van der Waals surface area contributed by atoms with Crippen molar-refractivity contribution in [2.45, 2.75) is 52.4 Å². The summed E-state index contributed by atoms with van der Waals surface area (Å²) in [5, 5.41) is 9.51. The third kappa shape index (κ3) is 3.96. The van der Waals surface area contributed by atoms with Crippen LogP contribution in [0.4, 0.5) is 0 Å². The van der Waals surface area contributed by atoms with Gasteiger partial charge in [-0.15, -0.1) is 0 Å². The molecule has 112 valence electrons. The second-order valence-corrected chi connectivity index (χ2v) is 5.23. The molecule has 0 unspecified atom stereocenters. The third-order valence-corrected chi connectivity index (χ3v) is 3.87. The molecule has 0 aliphatic heterocycles. The van der Waals surface area contributed by atoms with Crippen molar-refractivity contribution < 1.29 is 14.3 Å². The molecular formula is C15H24N2O3. The van der Waals surface area contributed by atoms with Gasteiger partial charge in [-0.2, -0.15) is 5.26 Å². The summed E-state index contributed by atoms with van der Waals surface area (Å²) >= 11 is 0. The van der Waals surface area contributed by atoms with E-state index in [0.717, 1.165) is 25.7 Å². The Bertz CT molecular complexity index is 379. The first-order chi connectivity index (χ1) is 9.59. The molecule has 0 heterocycles. The maximum Gasteiger partial charge on any atom is 0.325 e. The van der Waals surface area contributed by atoms with Gasteiger partial charge in [0.25, 0.3) is 0 Å². The Hall–Kier alpha value is -1.57. The summed E-state index contributed by atoms with van der Waals surface area (Å²) in [4.78, 5) is 25.7. The average Bonchev–Trinajstić information content (AvgIpc) is 2.70. The zero-order valence-corrected chi connectivity index (χ0v) is 12.5. The van der Waals surface area contributed by atoms with Crippen molar-refractivity contribution in [2.75, 3.05) is 19.7 Å². The van der Waals surface area contributed by atoms with E-state index in [0.29, 0.717) is 26.0 Å². The molecule has 0 atom stereocenters. The quantitative estimate of drug-likeness (QED) is 0.572. The van der Waals surface area contributed by atoms with Crippen LogP contribution in [0.15, 0.2) is 0 Å². The highest BCUT2D eigenvalue weighted by Gasteiger charge is 2.41. The van der Waals surface area contributed by atoms with Gasteiger partial charge < -0.3 is 9.64 Å². The molecule has 5 heteroatoms. The molecule has 1 aliphatic carbocycles. The summed E-state index contributed by atoms with van der Waals surface area (Å²) in [6, 6.07) is 2.23.